The van der Waals surface area contributed by atoms with Gasteiger partial charge in [0, 0.05) is 5.92 Å². The van der Waals surface area contributed by atoms with E-state index in [2.05, 4.69) is 25.6 Å². The van der Waals surface area contributed by atoms with Crippen LogP contribution in [0.1, 0.15) is 42.9 Å². The summed E-state index contributed by atoms with van der Waals surface area (Å²) in [6.07, 6.45) is 4.23. The third-order valence-electron chi connectivity index (χ3n) is 3.59. The normalized spacial score (nSPS) is 23.1. The Morgan fingerprint density at radius 2 is 1.94 bits per heavy atom. The van der Waals surface area contributed by atoms with E-state index in [9.17, 15) is 5.11 Å². The van der Waals surface area contributed by atoms with Crippen molar-refractivity contribution < 1.29 is 5.11 Å². The fraction of sp³-hybridized carbons (Fsp3) is 0.467. The van der Waals surface area contributed by atoms with E-state index in [1.54, 1.807) is 0 Å². The average molecular weight is 216 g/mol. The number of aliphatic hydroxyl groups is 1. The van der Waals surface area contributed by atoms with Gasteiger partial charge in [0.25, 0.3) is 0 Å². The lowest BCUT2D eigenvalue weighted by Crippen LogP contribution is -2.18. The van der Waals surface area contributed by atoms with E-state index in [1.807, 2.05) is 12.1 Å². The molecule has 1 N–H and O–H groups in total. The zero-order valence-corrected chi connectivity index (χ0v) is 9.95. The number of aliphatic hydroxyl groups excluding tert-OH is 1. The highest BCUT2D eigenvalue weighted by atomic mass is 16.3. The van der Waals surface area contributed by atoms with Crippen molar-refractivity contribution in [2.75, 3.05) is 0 Å². The molecule has 0 spiro atoms. The molecule has 2 rings (SSSR count). The third kappa shape index (κ3) is 2.35. The lowest BCUT2D eigenvalue weighted by Gasteiger charge is -2.29. The Labute approximate surface area is 97.8 Å². The van der Waals surface area contributed by atoms with Gasteiger partial charge in [-0.25, -0.2) is 0 Å². The molecule has 1 nitrogen and oxygen atoms in total. The Balaban J connectivity index is 2.14. The standard InChI is InChI=1S/C15H20O/c1-11-7-9-13(10-8-11)15(16)14-6-4-3-5-12(14)2/h7-10,14-16H,2-6H2,1H3. The third-order valence-corrected chi connectivity index (χ3v) is 3.59. The second-order valence-corrected chi connectivity index (χ2v) is 4.87. The molecule has 0 radical (unpaired) electrons. The van der Waals surface area contributed by atoms with Crippen LogP contribution in [0.4, 0.5) is 0 Å². The molecule has 1 saturated carbocycles. The van der Waals surface area contributed by atoms with Gasteiger partial charge in [0.05, 0.1) is 6.10 Å². The van der Waals surface area contributed by atoms with E-state index in [4.69, 9.17) is 0 Å². The molecule has 1 aliphatic carbocycles. The first-order valence-corrected chi connectivity index (χ1v) is 6.11. The summed E-state index contributed by atoms with van der Waals surface area (Å²) in [7, 11) is 0. The zero-order chi connectivity index (χ0) is 11.5. The Bertz CT molecular complexity index is 364. The van der Waals surface area contributed by atoms with Crippen LogP contribution in [0.3, 0.4) is 0 Å². The van der Waals surface area contributed by atoms with Crippen molar-refractivity contribution in [2.24, 2.45) is 5.92 Å². The first-order valence-electron chi connectivity index (χ1n) is 6.11. The molecule has 0 saturated heterocycles. The van der Waals surface area contributed by atoms with Gasteiger partial charge in [-0.15, -0.1) is 0 Å². The summed E-state index contributed by atoms with van der Waals surface area (Å²) in [6.45, 7) is 6.16. The van der Waals surface area contributed by atoms with E-state index in [0.29, 0.717) is 0 Å². The van der Waals surface area contributed by atoms with Crippen molar-refractivity contribution in [3.8, 4) is 0 Å². The zero-order valence-electron chi connectivity index (χ0n) is 9.95. The molecule has 1 aromatic carbocycles. The van der Waals surface area contributed by atoms with Crippen LogP contribution >= 0.6 is 0 Å². The van der Waals surface area contributed by atoms with Crippen molar-refractivity contribution in [2.45, 2.75) is 38.7 Å². The molecule has 0 heterocycles. The summed E-state index contributed by atoms with van der Waals surface area (Å²) >= 11 is 0. The maximum atomic E-state index is 10.3. The number of hydrogen-bond acceptors (Lipinski definition) is 1. The van der Waals surface area contributed by atoms with E-state index < -0.39 is 0 Å². The SMILES string of the molecule is C=C1CCCCC1C(O)c1ccc(C)cc1. The predicted octanol–water partition coefficient (Wildman–Crippen LogP) is 3.77. The van der Waals surface area contributed by atoms with Gasteiger partial charge in [-0.3, -0.25) is 0 Å². The molecule has 2 atom stereocenters. The van der Waals surface area contributed by atoms with Crippen LogP contribution in [0.15, 0.2) is 36.4 Å². The van der Waals surface area contributed by atoms with Gasteiger partial charge >= 0.3 is 0 Å². The fourth-order valence-electron chi connectivity index (χ4n) is 2.48. The molecule has 0 bridgehead atoms. The van der Waals surface area contributed by atoms with Crippen molar-refractivity contribution in [1.29, 1.82) is 0 Å². The Hall–Kier alpha value is -1.08. The van der Waals surface area contributed by atoms with Gasteiger partial charge in [-0.1, -0.05) is 48.4 Å². The number of rotatable bonds is 2. The minimum Gasteiger partial charge on any atom is -0.388 e. The van der Waals surface area contributed by atoms with Crippen molar-refractivity contribution in [3.63, 3.8) is 0 Å². The van der Waals surface area contributed by atoms with Gasteiger partial charge in [-0.2, -0.15) is 0 Å². The van der Waals surface area contributed by atoms with Crippen LogP contribution in [0.2, 0.25) is 0 Å². The lowest BCUT2D eigenvalue weighted by molar-refractivity contribution is 0.112. The minimum atomic E-state index is -0.367. The first kappa shape index (κ1) is 11.4. The lowest BCUT2D eigenvalue weighted by atomic mass is 9.79. The van der Waals surface area contributed by atoms with Crippen LogP contribution in [-0.4, -0.2) is 5.11 Å². The summed E-state index contributed by atoms with van der Waals surface area (Å²) in [6, 6.07) is 8.18. The largest absolute Gasteiger partial charge is 0.388 e. The monoisotopic (exact) mass is 216 g/mol. The molecule has 0 amide bonds. The molecule has 1 aromatic rings. The summed E-state index contributed by atoms with van der Waals surface area (Å²) in [5.74, 6) is 0.261. The van der Waals surface area contributed by atoms with E-state index in [1.165, 1.54) is 24.0 Å². The summed E-state index contributed by atoms with van der Waals surface area (Å²) in [4.78, 5) is 0. The summed E-state index contributed by atoms with van der Waals surface area (Å²) < 4.78 is 0. The molecular formula is C15H20O. The summed E-state index contributed by atoms with van der Waals surface area (Å²) in [5, 5.41) is 10.3. The minimum absolute atomic E-state index is 0.261. The maximum Gasteiger partial charge on any atom is 0.0855 e. The first-order chi connectivity index (χ1) is 7.68. The topological polar surface area (TPSA) is 20.2 Å². The van der Waals surface area contributed by atoms with Crippen molar-refractivity contribution in [3.05, 3.63) is 47.5 Å². The molecule has 16 heavy (non-hydrogen) atoms. The Morgan fingerprint density at radius 3 is 2.56 bits per heavy atom. The van der Waals surface area contributed by atoms with Crippen LogP contribution in [-0.2, 0) is 0 Å². The predicted molar refractivity (Wildman–Crippen MR) is 67.2 cm³/mol. The molecule has 2 unspecified atom stereocenters. The fourth-order valence-corrected chi connectivity index (χ4v) is 2.48. The molecule has 86 valence electrons. The average Bonchev–Trinajstić information content (AvgIpc) is 2.30. The quantitative estimate of drug-likeness (QED) is 0.746. The van der Waals surface area contributed by atoms with E-state index in [0.717, 1.165) is 18.4 Å². The summed E-state index contributed by atoms with van der Waals surface area (Å²) in [5.41, 5.74) is 3.48. The second kappa shape index (κ2) is 4.84. The van der Waals surface area contributed by atoms with Gasteiger partial charge in [-0.05, 0) is 31.7 Å². The Kier molecular flexibility index (Phi) is 3.45. The highest BCUT2D eigenvalue weighted by Crippen LogP contribution is 2.37. The molecule has 1 aliphatic rings. The number of benzene rings is 1. The number of hydrogen-bond donors (Lipinski definition) is 1. The van der Waals surface area contributed by atoms with Crippen molar-refractivity contribution in [1.82, 2.24) is 0 Å². The van der Waals surface area contributed by atoms with Crippen LogP contribution in [0.5, 0.6) is 0 Å². The molecular weight excluding hydrogens is 196 g/mol. The van der Waals surface area contributed by atoms with Crippen LogP contribution < -0.4 is 0 Å². The number of aryl methyl sites for hydroxylation is 1. The van der Waals surface area contributed by atoms with Crippen LogP contribution in [0.25, 0.3) is 0 Å². The van der Waals surface area contributed by atoms with Gasteiger partial charge < -0.3 is 5.11 Å². The van der Waals surface area contributed by atoms with Gasteiger partial charge in [0.1, 0.15) is 0 Å². The molecule has 1 heteroatoms. The van der Waals surface area contributed by atoms with Gasteiger partial charge in [0.2, 0.25) is 0 Å². The second-order valence-electron chi connectivity index (χ2n) is 4.87. The highest BCUT2D eigenvalue weighted by molar-refractivity contribution is 5.25. The molecule has 1 fully saturated rings. The van der Waals surface area contributed by atoms with Gasteiger partial charge in [0.15, 0.2) is 0 Å². The highest BCUT2D eigenvalue weighted by Gasteiger charge is 2.25. The maximum absolute atomic E-state index is 10.3. The molecule has 0 aromatic heterocycles. The van der Waals surface area contributed by atoms with Crippen LogP contribution in [0, 0.1) is 12.8 Å². The Morgan fingerprint density at radius 1 is 1.25 bits per heavy atom. The van der Waals surface area contributed by atoms with E-state index >= 15 is 0 Å². The van der Waals surface area contributed by atoms with E-state index in [-0.39, 0.29) is 12.0 Å². The molecule has 0 aliphatic heterocycles. The smallest absolute Gasteiger partial charge is 0.0855 e. The van der Waals surface area contributed by atoms with Crippen molar-refractivity contribution >= 4 is 0 Å².